The van der Waals surface area contributed by atoms with E-state index in [2.05, 4.69) is 20.8 Å². The maximum Gasteiger partial charge on any atom is 0.187 e. The van der Waals surface area contributed by atoms with Crippen molar-refractivity contribution >= 4 is 23.5 Å². The molecule has 4 nitrogen and oxygen atoms in total. The molecule has 0 aliphatic rings. The second-order valence-electron chi connectivity index (χ2n) is 4.33. The molecule has 0 spiro atoms. The SMILES string of the molecule is CC(C)(C)NC(=S)N/N=C\c1ccccn1. The van der Waals surface area contributed by atoms with Gasteiger partial charge < -0.3 is 5.32 Å². The van der Waals surface area contributed by atoms with Crippen molar-refractivity contribution in [2.75, 3.05) is 0 Å². The maximum absolute atomic E-state index is 5.06. The lowest BCUT2D eigenvalue weighted by atomic mass is 10.1. The molecule has 1 aromatic rings. The van der Waals surface area contributed by atoms with Crippen molar-refractivity contribution in [1.82, 2.24) is 15.7 Å². The van der Waals surface area contributed by atoms with Gasteiger partial charge >= 0.3 is 0 Å². The minimum atomic E-state index is -0.0649. The first-order valence-electron chi connectivity index (χ1n) is 5.00. The highest BCUT2D eigenvalue weighted by molar-refractivity contribution is 7.80. The van der Waals surface area contributed by atoms with Crippen molar-refractivity contribution in [1.29, 1.82) is 0 Å². The van der Waals surface area contributed by atoms with Crippen molar-refractivity contribution in [2.45, 2.75) is 26.3 Å². The molecular weight excluding hydrogens is 220 g/mol. The molecule has 1 aromatic heterocycles. The molecule has 0 aliphatic heterocycles. The molecule has 0 amide bonds. The summed E-state index contributed by atoms with van der Waals surface area (Å²) in [4.78, 5) is 4.10. The summed E-state index contributed by atoms with van der Waals surface area (Å²) < 4.78 is 0. The summed E-state index contributed by atoms with van der Waals surface area (Å²) in [6.07, 6.45) is 3.34. The van der Waals surface area contributed by atoms with Gasteiger partial charge in [0.1, 0.15) is 0 Å². The average Bonchev–Trinajstić information content (AvgIpc) is 2.16. The van der Waals surface area contributed by atoms with Crippen LogP contribution in [0.4, 0.5) is 0 Å². The monoisotopic (exact) mass is 236 g/mol. The molecule has 0 radical (unpaired) electrons. The summed E-state index contributed by atoms with van der Waals surface area (Å²) in [6.45, 7) is 6.09. The van der Waals surface area contributed by atoms with E-state index in [1.807, 2.05) is 39.0 Å². The van der Waals surface area contributed by atoms with Crippen LogP contribution in [-0.2, 0) is 0 Å². The molecule has 16 heavy (non-hydrogen) atoms. The van der Waals surface area contributed by atoms with Gasteiger partial charge in [-0.2, -0.15) is 5.10 Å². The zero-order chi connectivity index (χ0) is 12.0. The van der Waals surface area contributed by atoms with E-state index in [1.165, 1.54) is 0 Å². The number of thiocarbonyl (C=S) groups is 1. The van der Waals surface area contributed by atoms with Crippen LogP contribution in [-0.4, -0.2) is 21.8 Å². The van der Waals surface area contributed by atoms with Crippen LogP contribution in [0.15, 0.2) is 29.5 Å². The van der Waals surface area contributed by atoms with E-state index in [1.54, 1.807) is 12.4 Å². The van der Waals surface area contributed by atoms with Crippen molar-refractivity contribution in [3.05, 3.63) is 30.1 Å². The van der Waals surface area contributed by atoms with E-state index < -0.39 is 0 Å². The van der Waals surface area contributed by atoms with Crippen LogP contribution >= 0.6 is 12.2 Å². The van der Waals surface area contributed by atoms with Gasteiger partial charge in [-0.15, -0.1) is 0 Å². The van der Waals surface area contributed by atoms with E-state index in [0.717, 1.165) is 5.69 Å². The molecule has 0 aliphatic carbocycles. The molecule has 1 heterocycles. The van der Waals surface area contributed by atoms with E-state index in [4.69, 9.17) is 12.2 Å². The highest BCUT2D eigenvalue weighted by Gasteiger charge is 2.09. The van der Waals surface area contributed by atoms with Crippen molar-refractivity contribution in [2.24, 2.45) is 5.10 Å². The maximum atomic E-state index is 5.06. The lowest BCUT2D eigenvalue weighted by molar-refractivity contribution is 0.508. The fourth-order valence-electron chi connectivity index (χ4n) is 0.978. The molecule has 0 aromatic carbocycles. The number of rotatable bonds is 2. The second kappa shape index (κ2) is 5.55. The minimum Gasteiger partial charge on any atom is -0.357 e. The van der Waals surface area contributed by atoms with Gasteiger partial charge in [0.2, 0.25) is 0 Å². The molecule has 2 N–H and O–H groups in total. The Labute approximate surface area is 101 Å². The zero-order valence-corrected chi connectivity index (χ0v) is 10.5. The predicted molar refractivity (Wildman–Crippen MR) is 70.5 cm³/mol. The van der Waals surface area contributed by atoms with Gasteiger partial charge in [0.25, 0.3) is 0 Å². The van der Waals surface area contributed by atoms with Crippen molar-refractivity contribution in [3.8, 4) is 0 Å². The third-order valence-corrected chi connectivity index (χ3v) is 1.73. The highest BCUT2D eigenvalue weighted by atomic mass is 32.1. The van der Waals surface area contributed by atoms with Crippen LogP contribution < -0.4 is 10.7 Å². The Morgan fingerprint density at radius 1 is 1.44 bits per heavy atom. The van der Waals surface area contributed by atoms with Gasteiger partial charge in [0.15, 0.2) is 5.11 Å². The Morgan fingerprint density at radius 2 is 2.19 bits per heavy atom. The normalized spacial score (nSPS) is 11.4. The number of aromatic nitrogens is 1. The Kier molecular flexibility index (Phi) is 4.37. The number of nitrogens with one attached hydrogen (secondary N) is 2. The lowest BCUT2D eigenvalue weighted by Gasteiger charge is -2.21. The van der Waals surface area contributed by atoms with Crippen LogP contribution in [0.2, 0.25) is 0 Å². The molecule has 0 bridgehead atoms. The summed E-state index contributed by atoms with van der Waals surface area (Å²) >= 11 is 5.06. The van der Waals surface area contributed by atoms with Gasteiger partial charge in [-0.1, -0.05) is 6.07 Å². The topological polar surface area (TPSA) is 49.3 Å². The third kappa shape index (κ3) is 5.41. The molecule has 1 rings (SSSR count). The predicted octanol–water partition coefficient (Wildman–Crippen LogP) is 1.68. The van der Waals surface area contributed by atoms with E-state index in [-0.39, 0.29) is 5.54 Å². The fourth-order valence-corrected chi connectivity index (χ4v) is 1.34. The molecule has 86 valence electrons. The quantitative estimate of drug-likeness (QED) is 0.466. The Hall–Kier alpha value is -1.49. The summed E-state index contributed by atoms with van der Waals surface area (Å²) in [6, 6.07) is 5.63. The van der Waals surface area contributed by atoms with Gasteiger partial charge in [0.05, 0.1) is 11.9 Å². The first kappa shape index (κ1) is 12.6. The Morgan fingerprint density at radius 3 is 2.75 bits per heavy atom. The van der Waals surface area contributed by atoms with Crippen LogP contribution in [0.25, 0.3) is 0 Å². The third-order valence-electron chi connectivity index (χ3n) is 1.54. The van der Waals surface area contributed by atoms with E-state index in [9.17, 15) is 0 Å². The van der Waals surface area contributed by atoms with E-state index in [0.29, 0.717) is 5.11 Å². The number of hydrazone groups is 1. The smallest absolute Gasteiger partial charge is 0.187 e. The molecule has 0 fully saturated rings. The van der Waals surface area contributed by atoms with Crippen LogP contribution in [0, 0.1) is 0 Å². The number of nitrogens with zero attached hydrogens (tertiary/aromatic N) is 2. The average molecular weight is 236 g/mol. The standard InChI is InChI=1S/C11H16N4S/c1-11(2,3)14-10(16)15-13-8-9-6-4-5-7-12-9/h4-8H,1-3H3,(H2,14,15,16)/b13-8-. The van der Waals surface area contributed by atoms with Crippen molar-refractivity contribution < 1.29 is 0 Å². The molecule has 0 atom stereocenters. The van der Waals surface area contributed by atoms with Crippen molar-refractivity contribution in [3.63, 3.8) is 0 Å². The first-order valence-corrected chi connectivity index (χ1v) is 5.40. The minimum absolute atomic E-state index is 0.0649. The first-order chi connectivity index (χ1) is 7.47. The zero-order valence-electron chi connectivity index (χ0n) is 9.69. The highest BCUT2D eigenvalue weighted by Crippen LogP contribution is 1.97. The Balaban J connectivity index is 2.41. The molecule has 0 saturated heterocycles. The van der Waals surface area contributed by atoms with Gasteiger partial charge in [-0.3, -0.25) is 10.4 Å². The van der Waals surface area contributed by atoms with Crippen LogP contribution in [0.1, 0.15) is 26.5 Å². The fraction of sp³-hybridized carbons (Fsp3) is 0.364. The summed E-state index contributed by atoms with van der Waals surface area (Å²) in [5.74, 6) is 0. The molecule has 0 saturated carbocycles. The molecule has 0 unspecified atom stereocenters. The van der Waals surface area contributed by atoms with Gasteiger partial charge in [-0.05, 0) is 45.1 Å². The lowest BCUT2D eigenvalue weighted by Crippen LogP contribution is -2.44. The van der Waals surface area contributed by atoms with Gasteiger partial charge in [0, 0.05) is 11.7 Å². The molecule has 5 heteroatoms. The second-order valence-corrected chi connectivity index (χ2v) is 4.74. The summed E-state index contributed by atoms with van der Waals surface area (Å²) in [5.41, 5.74) is 3.46. The largest absolute Gasteiger partial charge is 0.357 e. The molecular formula is C11H16N4S. The summed E-state index contributed by atoms with van der Waals surface area (Å²) in [7, 11) is 0. The van der Waals surface area contributed by atoms with Gasteiger partial charge in [-0.25, -0.2) is 0 Å². The van der Waals surface area contributed by atoms with Crippen LogP contribution in [0.3, 0.4) is 0 Å². The van der Waals surface area contributed by atoms with E-state index >= 15 is 0 Å². The number of hydrogen-bond donors (Lipinski definition) is 2. The number of pyridine rings is 1. The number of hydrogen-bond acceptors (Lipinski definition) is 3. The van der Waals surface area contributed by atoms with Crippen LogP contribution in [0.5, 0.6) is 0 Å². The summed E-state index contributed by atoms with van der Waals surface area (Å²) in [5, 5.41) is 7.58. The Bertz CT molecular complexity index is 367.